The summed E-state index contributed by atoms with van der Waals surface area (Å²) in [7, 11) is 1.61. The van der Waals surface area contributed by atoms with E-state index < -0.39 is 6.10 Å². The highest BCUT2D eigenvalue weighted by molar-refractivity contribution is 7.98. The first-order chi connectivity index (χ1) is 10.7. The van der Waals surface area contributed by atoms with Crippen LogP contribution in [0.2, 0.25) is 0 Å². The molecular formula is C15H20FN3O2S. The van der Waals surface area contributed by atoms with Crippen molar-refractivity contribution < 1.29 is 14.2 Å². The van der Waals surface area contributed by atoms with Crippen molar-refractivity contribution in [1.82, 2.24) is 14.8 Å². The Labute approximate surface area is 133 Å². The average molecular weight is 325 g/mol. The molecule has 1 aromatic heterocycles. The molecule has 22 heavy (non-hydrogen) atoms. The minimum absolute atomic E-state index is 0.351. The topological polar surface area (TPSA) is 60.2 Å². The van der Waals surface area contributed by atoms with E-state index in [-0.39, 0.29) is 5.82 Å². The van der Waals surface area contributed by atoms with Gasteiger partial charge in [-0.1, -0.05) is 6.07 Å². The second-order valence-electron chi connectivity index (χ2n) is 4.82. The third kappa shape index (κ3) is 4.28. The van der Waals surface area contributed by atoms with Gasteiger partial charge in [0.05, 0.1) is 12.3 Å². The Morgan fingerprint density at radius 1 is 1.45 bits per heavy atom. The molecule has 0 spiro atoms. The Bertz CT molecular complexity index is 606. The summed E-state index contributed by atoms with van der Waals surface area (Å²) in [6.07, 6.45) is 2.35. The molecular weight excluding hydrogens is 305 g/mol. The van der Waals surface area contributed by atoms with Crippen LogP contribution in [0.5, 0.6) is 0 Å². The molecule has 2 aromatic rings. The number of benzene rings is 1. The van der Waals surface area contributed by atoms with E-state index in [2.05, 4.69) is 10.1 Å². The zero-order chi connectivity index (χ0) is 15.9. The van der Waals surface area contributed by atoms with Crippen molar-refractivity contribution in [3.8, 4) is 5.69 Å². The zero-order valence-electron chi connectivity index (χ0n) is 12.7. The van der Waals surface area contributed by atoms with Gasteiger partial charge in [0, 0.05) is 13.5 Å². The number of methoxy groups -OCH3 is 1. The first kappa shape index (κ1) is 16.9. The molecule has 0 aliphatic heterocycles. The van der Waals surface area contributed by atoms with E-state index in [9.17, 15) is 9.50 Å². The molecule has 0 saturated carbocycles. The second kappa shape index (κ2) is 8.26. The zero-order valence-corrected chi connectivity index (χ0v) is 13.5. The maximum Gasteiger partial charge on any atom is 0.161 e. The maximum absolute atomic E-state index is 13.5. The van der Waals surface area contributed by atoms with Gasteiger partial charge in [0.25, 0.3) is 0 Å². The molecule has 5 nitrogen and oxygen atoms in total. The van der Waals surface area contributed by atoms with Crippen LogP contribution in [0.3, 0.4) is 0 Å². The van der Waals surface area contributed by atoms with Crippen LogP contribution in [0.15, 0.2) is 24.3 Å². The Hall–Kier alpha value is -1.44. The van der Waals surface area contributed by atoms with E-state index in [0.717, 1.165) is 5.75 Å². The van der Waals surface area contributed by atoms with Gasteiger partial charge in [-0.3, -0.25) is 0 Å². The number of aromatic nitrogens is 3. The SMILES string of the molecule is COCCc1nc([C@@H](O)CCSC)n(-c2cccc(F)c2)n1. The number of rotatable bonds is 8. The molecule has 1 N–H and O–H groups in total. The third-order valence-electron chi connectivity index (χ3n) is 3.15. The number of hydrogen-bond donors (Lipinski definition) is 1. The van der Waals surface area contributed by atoms with Gasteiger partial charge in [-0.25, -0.2) is 14.1 Å². The number of ether oxygens (including phenoxy) is 1. The van der Waals surface area contributed by atoms with Crippen LogP contribution in [0.4, 0.5) is 4.39 Å². The lowest BCUT2D eigenvalue weighted by Gasteiger charge is -2.11. The average Bonchev–Trinajstić information content (AvgIpc) is 2.95. The molecule has 0 amide bonds. The number of aliphatic hydroxyl groups excluding tert-OH is 1. The highest BCUT2D eigenvalue weighted by Gasteiger charge is 2.19. The number of aliphatic hydroxyl groups is 1. The van der Waals surface area contributed by atoms with Crippen LogP contribution in [0, 0.1) is 5.82 Å². The molecule has 0 fully saturated rings. The number of thioether (sulfide) groups is 1. The van der Waals surface area contributed by atoms with E-state index in [1.165, 1.54) is 16.8 Å². The molecule has 0 radical (unpaired) electrons. The number of hydrogen-bond acceptors (Lipinski definition) is 5. The number of halogens is 1. The molecule has 7 heteroatoms. The van der Waals surface area contributed by atoms with Crippen LogP contribution in [0.25, 0.3) is 5.69 Å². The standard InChI is InChI=1S/C15H20FN3O2S/c1-21-8-6-14-17-15(13(20)7-9-22-2)19(18-14)12-5-3-4-11(16)10-12/h3-5,10,13,20H,6-9H2,1-2H3/t13-/m0/s1. The molecule has 0 bridgehead atoms. The van der Waals surface area contributed by atoms with Gasteiger partial charge in [0.2, 0.25) is 0 Å². The van der Waals surface area contributed by atoms with E-state index in [1.54, 1.807) is 31.0 Å². The minimum atomic E-state index is -0.737. The Balaban J connectivity index is 2.34. The lowest BCUT2D eigenvalue weighted by molar-refractivity contribution is 0.162. The van der Waals surface area contributed by atoms with Crippen molar-refractivity contribution in [2.24, 2.45) is 0 Å². The fourth-order valence-electron chi connectivity index (χ4n) is 2.04. The highest BCUT2D eigenvalue weighted by atomic mass is 32.2. The summed E-state index contributed by atoms with van der Waals surface area (Å²) in [5.41, 5.74) is 0.550. The molecule has 2 rings (SSSR count). The summed E-state index contributed by atoms with van der Waals surface area (Å²) >= 11 is 1.65. The summed E-state index contributed by atoms with van der Waals surface area (Å²) in [6, 6.07) is 6.09. The van der Waals surface area contributed by atoms with Crippen LogP contribution >= 0.6 is 11.8 Å². The van der Waals surface area contributed by atoms with E-state index in [1.807, 2.05) is 6.26 Å². The lowest BCUT2D eigenvalue weighted by Crippen LogP contribution is -2.09. The Kier molecular flexibility index (Phi) is 6.35. The molecule has 0 unspecified atom stereocenters. The molecule has 0 aliphatic rings. The Morgan fingerprint density at radius 3 is 2.95 bits per heavy atom. The Morgan fingerprint density at radius 2 is 2.27 bits per heavy atom. The van der Waals surface area contributed by atoms with Crippen molar-refractivity contribution in [2.45, 2.75) is 18.9 Å². The second-order valence-corrected chi connectivity index (χ2v) is 5.80. The van der Waals surface area contributed by atoms with Crippen molar-refractivity contribution in [1.29, 1.82) is 0 Å². The first-order valence-electron chi connectivity index (χ1n) is 7.03. The molecule has 120 valence electrons. The summed E-state index contributed by atoms with van der Waals surface area (Å²) in [5, 5.41) is 14.7. The van der Waals surface area contributed by atoms with Crippen molar-refractivity contribution >= 4 is 11.8 Å². The molecule has 0 saturated heterocycles. The summed E-state index contributed by atoms with van der Waals surface area (Å²) < 4.78 is 20.0. The summed E-state index contributed by atoms with van der Waals surface area (Å²) in [4.78, 5) is 4.40. The summed E-state index contributed by atoms with van der Waals surface area (Å²) in [6.45, 7) is 0.494. The van der Waals surface area contributed by atoms with Crippen LogP contribution in [-0.4, -0.2) is 45.6 Å². The van der Waals surface area contributed by atoms with E-state index in [4.69, 9.17) is 4.74 Å². The normalized spacial score (nSPS) is 12.5. The smallest absolute Gasteiger partial charge is 0.161 e. The molecule has 1 aromatic carbocycles. The molecule has 0 aliphatic carbocycles. The van der Waals surface area contributed by atoms with Crippen molar-refractivity contribution in [3.05, 3.63) is 41.7 Å². The van der Waals surface area contributed by atoms with Gasteiger partial charge in [0.15, 0.2) is 11.6 Å². The fourth-order valence-corrected chi connectivity index (χ4v) is 2.50. The van der Waals surface area contributed by atoms with Gasteiger partial charge in [0.1, 0.15) is 11.9 Å². The van der Waals surface area contributed by atoms with E-state index >= 15 is 0 Å². The van der Waals surface area contributed by atoms with Gasteiger partial charge >= 0.3 is 0 Å². The monoisotopic (exact) mass is 325 g/mol. The quantitative estimate of drug-likeness (QED) is 0.807. The predicted molar refractivity (Wildman–Crippen MR) is 84.9 cm³/mol. The highest BCUT2D eigenvalue weighted by Crippen LogP contribution is 2.21. The fraction of sp³-hybridized carbons (Fsp3) is 0.467. The third-order valence-corrected chi connectivity index (χ3v) is 3.80. The largest absolute Gasteiger partial charge is 0.385 e. The molecule has 1 atom stereocenters. The van der Waals surface area contributed by atoms with Gasteiger partial charge in [-0.05, 0) is 36.6 Å². The van der Waals surface area contributed by atoms with Crippen molar-refractivity contribution in [3.63, 3.8) is 0 Å². The summed E-state index contributed by atoms with van der Waals surface area (Å²) in [5.74, 6) is 1.47. The van der Waals surface area contributed by atoms with Crippen molar-refractivity contribution in [2.75, 3.05) is 25.7 Å². The van der Waals surface area contributed by atoms with E-state index in [0.29, 0.717) is 36.8 Å². The number of nitrogens with zero attached hydrogens (tertiary/aromatic N) is 3. The predicted octanol–water partition coefficient (Wildman–Crippen LogP) is 2.38. The van der Waals surface area contributed by atoms with Gasteiger partial charge in [-0.2, -0.15) is 16.9 Å². The van der Waals surface area contributed by atoms with Crippen LogP contribution in [0.1, 0.15) is 24.2 Å². The molecule has 1 heterocycles. The minimum Gasteiger partial charge on any atom is -0.385 e. The van der Waals surface area contributed by atoms with Crippen LogP contribution in [-0.2, 0) is 11.2 Å². The lowest BCUT2D eigenvalue weighted by atomic mass is 10.2. The van der Waals surface area contributed by atoms with Crippen LogP contribution < -0.4 is 0 Å². The van der Waals surface area contributed by atoms with Gasteiger partial charge in [-0.15, -0.1) is 0 Å². The van der Waals surface area contributed by atoms with Gasteiger partial charge < -0.3 is 9.84 Å². The maximum atomic E-state index is 13.5. The first-order valence-corrected chi connectivity index (χ1v) is 8.42.